The summed E-state index contributed by atoms with van der Waals surface area (Å²) < 4.78 is 5.27. The van der Waals surface area contributed by atoms with Crippen LogP contribution in [0.5, 0.6) is 5.88 Å². The van der Waals surface area contributed by atoms with Crippen molar-refractivity contribution in [3.63, 3.8) is 0 Å². The van der Waals surface area contributed by atoms with Crippen LogP contribution in [-0.2, 0) is 0 Å². The minimum Gasteiger partial charge on any atom is -0.481 e. The smallest absolute Gasteiger partial charge is 0.335 e. The lowest BCUT2D eigenvalue weighted by molar-refractivity contribution is 0.0697. The Balaban J connectivity index is 2.38. The monoisotopic (exact) mass is 314 g/mol. The molecule has 1 N–H and O–H groups in total. The number of halogens is 1. The van der Waals surface area contributed by atoms with E-state index in [0.717, 1.165) is 0 Å². The molecule has 0 unspecified atom stereocenters. The van der Waals surface area contributed by atoms with Crippen molar-refractivity contribution in [1.82, 2.24) is 9.97 Å². The molecule has 3 aromatic rings. The second-order valence-electron chi connectivity index (χ2n) is 4.58. The van der Waals surface area contributed by atoms with Gasteiger partial charge >= 0.3 is 5.97 Å². The molecule has 0 saturated heterocycles. The standard InChI is InChI=1S/C16H11ClN2O3/c1-22-15-10(3-2-6-18-15)14-11-7-9(16(20)21)4-5-13(11)19-8-12(14)17/h2-8H,1H3,(H,20,21). The Morgan fingerprint density at radius 2 is 2.09 bits per heavy atom. The molecule has 6 heteroatoms. The second-order valence-corrected chi connectivity index (χ2v) is 4.99. The number of fused-ring (bicyclic) bond motifs is 1. The van der Waals surface area contributed by atoms with E-state index in [1.54, 1.807) is 24.4 Å². The highest BCUT2D eigenvalue weighted by molar-refractivity contribution is 6.35. The van der Waals surface area contributed by atoms with Crippen LogP contribution in [0.1, 0.15) is 10.4 Å². The fourth-order valence-electron chi connectivity index (χ4n) is 2.32. The molecular formula is C16H11ClN2O3. The summed E-state index contributed by atoms with van der Waals surface area (Å²) in [5.41, 5.74) is 2.15. The molecule has 0 aliphatic rings. The zero-order valence-electron chi connectivity index (χ0n) is 11.6. The number of hydrogen-bond acceptors (Lipinski definition) is 4. The molecular weight excluding hydrogens is 304 g/mol. The maximum Gasteiger partial charge on any atom is 0.335 e. The number of pyridine rings is 2. The van der Waals surface area contributed by atoms with E-state index in [9.17, 15) is 9.90 Å². The molecule has 22 heavy (non-hydrogen) atoms. The van der Waals surface area contributed by atoms with Gasteiger partial charge in [0.2, 0.25) is 5.88 Å². The summed E-state index contributed by atoms with van der Waals surface area (Å²) in [4.78, 5) is 19.6. The number of carbonyl (C=O) groups is 1. The molecule has 0 atom stereocenters. The van der Waals surface area contributed by atoms with Crippen molar-refractivity contribution in [3.8, 4) is 17.0 Å². The minimum absolute atomic E-state index is 0.167. The Morgan fingerprint density at radius 1 is 1.27 bits per heavy atom. The Bertz CT molecular complexity index is 880. The SMILES string of the molecule is COc1ncccc1-c1c(Cl)cnc2ccc(C(=O)O)cc12. The number of nitrogens with zero attached hydrogens (tertiary/aromatic N) is 2. The number of carboxylic acids is 1. The number of hydrogen-bond donors (Lipinski definition) is 1. The molecule has 110 valence electrons. The molecule has 0 amide bonds. The van der Waals surface area contributed by atoms with Gasteiger partial charge in [-0.3, -0.25) is 4.98 Å². The van der Waals surface area contributed by atoms with Crippen molar-refractivity contribution in [1.29, 1.82) is 0 Å². The maximum absolute atomic E-state index is 11.2. The summed E-state index contributed by atoms with van der Waals surface area (Å²) in [5.74, 6) is -0.594. The van der Waals surface area contributed by atoms with Crippen LogP contribution in [-0.4, -0.2) is 28.2 Å². The molecule has 0 aliphatic carbocycles. The highest BCUT2D eigenvalue weighted by atomic mass is 35.5. The highest BCUT2D eigenvalue weighted by Crippen LogP contribution is 2.38. The van der Waals surface area contributed by atoms with Gasteiger partial charge in [0.05, 0.1) is 23.2 Å². The molecule has 0 fully saturated rings. The quantitative estimate of drug-likeness (QED) is 0.798. The number of ether oxygens (including phenoxy) is 1. The fraction of sp³-hybridized carbons (Fsp3) is 0.0625. The molecule has 2 heterocycles. The third-order valence-electron chi connectivity index (χ3n) is 3.30. The van der Waals surface area contributed by atoms with Gasteiger partial charge in [-0.05, 0) is 30.3 Å². The lowest BCUT2D eigenvalue weighted by Crippen LogP contribution is -1.98. The van der Waals surface area contributed by atoms with Gasteiger partial charge in [-0.15, -0.1) is 0 Å². The van der Waals surface area contributed by atoms with E-state index in [1.165, 1.54) is 19.4 Å². The van der Waals surface area contributed by atoms with E-state index >= 15 is 0 Å². The number of rotatable bonds is 3. The van der Waals surface area contributed by atoms with Crippen LogP contribution in [0.2, 0.25) is 5.02 Å². The fourth-order valence-corrected chi connectivity index (χ4v) is 2.57. The van der Waals surface area contributed by atoms with E-state index in [-0.39, 0.29) is 5.56 Å². The van der Waals surface area contributed by atoms with Gasteiger partial charge in [-0.25, -0.2) is 9.78 Å². The first kappa shape index (κ1) is 14.3. The lowest BCUT2D eigenvalue weighted by atomic mass is 10.0. The Morgan fingerprint density at radius 3 is 2.82 bits per heavy atom. The number of carboxylic acid groups (broad SMARTS) is 1. The Kier molecular flexibility index (Phi) is 3.65. The van der Waals surface area contributed by atoms with Gasteiger partial charge in [-0.2, -0.15) is 0 Å². The van der Waals surface area contributed by atoms with Gasteiger partial charge < -0.3 is 9.84 Å². The Labute approximate surface area is 131 Å². The highest BCUT2D eigenvalue weighted by Gasteiger charge is 2.16. The predicted octanol–water partition coefficient (Wildman–Crippen LogP) is 3.66. The first-order valence-electron chi connectivity index (χ1n) is 6.42. The van der Waals surface area contributed by atoms with Crippen LogP contribution in [0.3, 0.4) is 0 Å². The molecule has 0 spiro atoms. The summed E-state index contributed by atoms with van der Waals surface area (Å²) in [6.07, 6.45) is 3.15. The van der Waals surface area contributed by atoms with Gasteiger partial charge in [0.25, 0.3) is 0 Å². The predicted molar refractivity (Wildman–Crippen MR) is 83.5 cm³/mol. The molecule has 0 saturated carbocycles. The van der Waals surface area contributed by atoms with Crippen LogP contribution >= 0.6 is 11.6 Å². The molecule has 0 bridgehead atoms. The van der Waals surface area contributed by atoms with Crippen molar-refractivity contribution in [2.45, 2.75) is 0 Å². The van der Waals surface area contributed by atoms with Crippen LogP contribution < -0.4 is 4.74 Å². The van der Waals surface area contributed by atoms with E-state index in [2.05, 4.69) is 9.97 Å². The molecule has 1 aromatic carbocycles. The molecule has 3 rings (SSSR count). The summed E-state index contributed by atoms with van der Waals surface area (Å²) in [6, 6.07) is 8.30. The number of methoxy groups -OCH3 is 1. The van der Waals surface area contributed by atoms with E-state index in [1.807, 2.05) is 6.07 Å². The van der Waals surface area contributed by atoms with Crippen LogP contribution in [0.25, 0.3) is 22.0 Å². The van der Waals surface area contributed by atoms with Crippen LogP contribution in [0.15, 0.2) is 42.7 Å². The summed E-state index contributed by atoms with van der Waals surface area (Å²) in [7, 11) is 1.52. The normalized spacial score (nSPS) is 10.6. The van der Waals surface area contributed by atoms with Gasteiger partial charge in [-0.1, -0.05) is 11.6 Å². The number of aromatic carboxylic acids is 1. The zero-order valence-corrected chi connectivity index (χ0v) is 12.3. The lowest BCUT2D eigenvalue weighted by Gasteiger charge is -2.12. The average molecular weight is 315 g/mol. The molecule has 2 aromatic heterocycles. The summed E-state index contributed by atoms with van der Waals surface area (Å²) >= 11 is 6.31. The van der Waals surface area contributed by atoms with Crippen LogP contribution in [0, 0.1) is 0 Å². The first-order valence-corrected chi connectivity index (χ1v) is 6.80. The van der Waals surface area contributed by atoms with Crippen molar-refractivity contribution < 1.29 is 14.6 Å². The number of benzene rings is 1. The molecule has 0 aliphatic heterocycles. The van der Waals surface area contributed by atoms with Gasteiger partial charge in [0.15, 0.2) is 0 Å². The second kappa shape index (κ2) is 5.61. The van der Waals surface area contributed by atoms with Gasteiger partial charge in [0, 0.05) is 28.9 Å². The van der Waals surface area contributed by atoms with E-state index in [0.29, 0.717) is 32.9 Å². The van der Waals surface area contributed by atoms with Crippen molar-refractivity contribution in [2.75, 3.05) is 7.11 Å². The first-order chi connectivity index (χ1) is 10.6. The average Bonchev–Trinajstić information content (AvgIpc) is 2.54. The Hall–Kier alpha value is -2.66. The summed E-state index contributed by atoms with van der Waals surface area (Å²) in [6.45, 7) is 0. The van der Waals surface area contributed by atoms with Crippen molar-refractivity contribution >= 4 is 28.5 Å². The number of aromatic nitrogens is 2. The van der Waals surface area contributed by atoms with Crippen LogP contribution in [0.4, 0.5) is 0 Å². The molecule has 5 nitrogen and oxygen atoms in total. The zero-order chi connectivity index (χ0) is 15.7. The maximum atomic E-state index is 11.2. The minimum atomic E-state index is -1.01. The van der Waals surface area contributed by atoms with Crippen molar-refractivity contribution in [2.24, 2.45) is 0 Å². The van der Waals surface area contributed by atoms with Gasteiger partial charge in [0.1, 0.15) is 0 Å². The third-order valence-corrected chi connectivity index (χ3v) is 3.59. The van der Waals surface area contributed by atoms with Crippen molar-refractivity contribution in [3.05, 3.63) is 53.3 Å². The van der Waals surface area contributed by atoms with E-state index in [4.69, 9.17) is 16.3 Å². The molecule has 0 radical (unpaired) electrons. The summed E-state index contributed by atoms with van der Waals surface area (Å²) in [5, 5.41) is 10.2. The van der Waals surface area contributed by atoms with E-state index < -0.39 is 5.97 Å². The topological polar surface area (TPSA) is 72.3 Å². The largest absolute Gasteiger partial charge is 0.481 e. The third kappa shape index (κ3) is 2.35.